The number of methoxy groups -OCH3 is 2. The van der Waals surface area contributed by atoms with Crippen molar-refractivity contribution < 1.29 is 17.9 Å². The molecule has 1 aliphatic rings. The molecule has 3 rings (SSSR count). The largest absolute Gasteiger partial charge is 0.493 e. The Balaban J connectivity index is 2.00. The van der Waals surface area contributed by atoms with Crippen LogP contribution in [0.3, 0.4) is 0 Å². The highest BCUT2D eigenvalue weighted by atomic mass is 32.2. The van der Waals surface area contributed by atoms with E-state index in [-0.39, 0.29) is 4.90 Å². The zero-order chi connectivity index (χ0) is 17.3. The highest BCUT2D eigenvalue weighted by Crippen LogP contribution is 2.34. The molecule has 6 heteroatoms. The summed E-state index contributed by atoms with van der Waals surface area (Å²) in [6.07, 6.45) is 0.724. The van der Waals surface area contributed by atoms with Crippen molar-refractivity contribution >= 4 is 10.0 Å². The van der Waals surface area contributed by atoms with Crippen LogP contribution in [0.1, 0.15) is 16.7 Å². The Morgan fingerprint density at radius 3 is 2.29 bits per heavy atom. The molecule has 128 valence electrons. The van der Waals surface area contributed by atoms with Gasteiger partial charge in [0.05, 0.1) is 19.1 Å². The van der Waals surface area contributed by atoms with Crippen molar-refractivity contribution in [1.82, 2.24) is 4.31 Å². The first kappa shape index (κ1) is 16.8. The molecule has 2 aromatic carbocycles. The van der Waals surface area contributed by atoms with E-state index >= 15 is 0 Å². The van der Waals surface area contributed by atoms with Gasteiger partial charge in [-0.25, -0.2) is 8.42 Å². The molecular formula is C18H21NO4S. The molecule has 0 aliphatic carbocycles. The lowest BCUT2D eigenvalue weighted by atomic mass is 10.0. The number of sulfonamides is 1. The molecule has 0 spiro atoms. The van der Waals surface area contributed by atoms with Gasteiger partial charge in [0.2, 0.25) is 10.0 Å². The number of hydrogen-bond acceptors (Lipinski definition) is 4. The van der Waals surface area contributed by atoms with Crippen LogP contribution in [0, 0.1) is 6.92 Å². The average Bonchev–Trinajstić information content (AvgIpc) is 2.60. The van der Waals surface area contributed by atoms with Gasteiger partial charge in [0.15, 0.2) is 11.5 Å². The quantitative estimate of drug-likeness (QED) is 0.853. The maximum absolute atomic E-state index is 13.1. The number of hydrogen-bond donors (Lipinski definition) is 0. The van der Waals surface area contributed by atoms with Gasteiger partial charge in [-0.15, -0.1) is 0 Å². The van der Waals surface area contributed by atoms with E-state index in [0.717, 1.165) is 12.0 Å². The van der Waals surface area contributed by atoms with E-state index in [1.54, 1.807) is 19.1 Å². The average molecular weight is 347 g/mol. The van der Waals surface area contributed by atoms with Crippen LogP contribution >= 0.6 is 0 Å². The van der Waals surface area contributed by atoms with Gasteiger partial charge < -0.3 is 9.47 Å². The minimum absolute atomic E-state index is 0.263. The van der Waals surface area contributed by atoms with Gasteiger partial charge in [0.1, 0.15) is 0 Å². The molecule has 0 unspecified atom stereocenters. The van der Waals surface area contributed by atoms with E-state index in [0.29, 0.717) is 30.2 Å². The molecule has 0 atom stereocenters. The number of aryl methyl sites for hydroxylation is 1. The summed E-state index contributed by atoms with van der Waals surface area (Å²) in [4.78, 5) is 0.263. The van der Waals surface area contributed by atoms with Crippen LogP contribution in [0.5, 0.6) is 11.5 Å². The zero-order valence-electron chi connectivity index (χ0n) is 14.1. The lowest BCUT2D eigenvalue weighted by molar-refractivity contribution is 0.352. The molecule has 1 heterocycles. The predicted octanol–water partition coefficient (Wildman–Crippen LogP) is 2.76. The fourth-order valence-corrected chi connectivity index (χ4v) is 4.69. The van der Waals surface area contributed by atoms with E-state index in [1.165, 1.54) is 24.1 Å². The third-order valence-corrected chi connectivity index (χ3v) is 6.38. The van der Waals surface area contributed by atoms with Crippen molar-refractivity contribution in [3.05, 3.63) is 53.1 Å². The molecule has 24 heavy (non-hydrogen) atoms. The smallest absolute Gasteiger partial charge is 0.243 e. The SMILES string of the molecule is COc1cc(C)c(S(=O)(=O)N2CCc3ccccc3C2)cc1OC. The second kappa shape index (κ2) is 6.45. The van der Waals surface area contributed by atoms with Crippen LogP contribution in [0.2, 0.25) is 0 Å². The second-order valence-electron chi connectivity index (χ2n) is 5.83. The van der Waals surface area contributed by atoms with Gasteiger partial charge in [-0.3, -0.25) is 0 Å². The van der Waals surface area contributed by atoms with Gasteiger partial charge >= 0.3 is 0 Å². The van der Waals surface area contributed by atoms with E-state index in [4.69, 9.17) is 9.47 Å². The Morgan fingerprint density at radius 1 is 1.00 bits per heavy atom. The van der Waals surface area contributed by atoms with Crippen molar-refractivity contribution in [1.29, 1.82) is 0 Å². The third-order valence-electron chi connectivity index (χ3n) is 4.39. The van der Waals surface area contributed by atoms with Crippen LogP contribution in [-0.4, -0.2) is 33.5 Å². The molecule has 0 amide bonds. The molecule has 0 saturated heterocycles. The number of benzene rings is 2. The molecule has 0 saturated carbocycles. The first-order chi connectivity index (χ1) is 11.5. The second-order valence-corrected chi connectivity index (χ2v) is 7.74. The standard InChI is InChI=1S/C18H21NO4S/c1-13-10-16(22-2)17(23-3)11-18(13)24(20,21)19-9-8-14-6-4-5-7-15(14)12-19/h4-7,10-11H,8-9,12H2,1-3H3. The lowest BCUT2D eigenvalue weighted by Gasteiger charge is -2.28. The van der Waals surface area contributed by atoms with E-state index in [9.17, 15) is 8.42 Å². The maximum Gasteiger partial charge on any atom is 0.243 e. The van der Waals surface area contributed by atoms with Crippen molar-refractivity contribution in [2.75, 3.05) is 20.8 Å². The van der Waals surface area contributed by atoms with Crippen molar-refractivity contribution in [3.8, 4) is 11.5 Å². The fraction of sp³-hybridized carbons (Fsp3) is 0.333. The minimum Gasteiger partial charge on any atom is -0.493 e. The maximum atomic E-state index is 13.1. The van der Waals surface area contributed by atoms with Gasteiger partial charge in [-0.05, 0) is 36.1 Å². The molecule has 2 aromatic rings. The first-order valence-corrected chi connectivity index (χ1v) is 9.21. The Labute approximate surface area is 142 Å². The molecule has 0 radical (unpaired) electrons. The summed E-state index contributed by atoms with van der Waals surface area (Å²) in [6.45, 7) is 2.64. The van der Waals surface area contributed by atoms with Crippen LogP contribution in [0.15, 0.2) is 41.3 Å². The Hall–Kier alpha value is -2.05. The van der Waals surface area contributed by atoms with Gasteiger partial charge in [0.25, 0.3) is 0 Å². The molecular weight excluding hydrogens is 326 g/mol. The fourth-order valence-electron chi connectivity index (χ4n) is 3.05. The minimum atomic E-state index is -3.60. The molecule has 0 fully saturated rings. The number of fused-ring (bicyclic) bond motifs is 1. The van der Waals surface area contributed by atoms with Crippen molar-refractivity contribution in [2.45, 2.75) is 24.8 Å². The zero-order valence-corrected chi connectivity index (χ0v) is 14.9. The topological polar surface area (TPSA) is 55.8 Å². The summed E-state index contributed by atoms with van der Waals surface area (Å²) in [5.41, 5.74) is 2.92. The Kier molecular flexibility index (Phi) is 4.51. The monoisotopic (exact) mass is 347 g/mol. The molecule has 0 bridgehead atoms. The van der Waals surface area contributed by atoms with E-state index in [2.05, 4.69) is 6.07 Å². The molecule has 5 nitrogen and oxygen atoms in total. The molecule has 1 aliphatic heterocycles. The lowest BCUT2D eigenvalue weighted by Crippen LogP contribution is -2.36. The van der Waals surface area contributed by atoms with E-state index in [1.807, 2.05) is 18.2 Å². The summed E-state index contributed by atoms with van der Waals surface area (Å²) in [5.74, 6) is 0.942. The highest BCUT2D eigenvalue weighted by Gasteiger charge is 2.30. The Bertz CT molecular complexity index is 861. The normalized spacial score (nSPS) is 15.0. The van der Waals surface area contributed by atoms with Crippen LogP contribution in [0.25, 0.3) is 0 Å². The number of ether oxygens (including phenoxy) is 2. The molecule has 0 N–H and O–H groups in total. The number of nitrogens with zero attached hydrogens (tertiary/aromatic N) is 1. The first-order valence-electron chi connectivity index (χ1n) is 7.77. The summed E-state index contributed by atoms with van der Waals surface area (Å²) in [6, 6.07) is 11.2. The van der Waals surface area contributed by atoms with Crippen molar-refractivity contribution in [2.24, 2.45) is 0 Å². The van der Waals surface area contributed by atoms with Crippen LogP contribution in [0.4, 0.5) is 0 Å². The summed E-state index contributed by atoms with van der Waals surface area (Å²) < 4.78 is 38.3. The predicted molar refractivity (Wildman–Crippen MR) is 92.0 cm³/mol. The van der Waals surface area contributed by atoms with Gasteiger partial charge in [-0.1, -0.05) is 24.3 Å². The molecule has 0 aromatic heterocycles. The summed E-state index contributed by atoms with van der Waals surface area (Å²) in [5, 5.41) is 0. The van der Waals surface area contributed by atoms with Crippen LogP contribution < -0.4 is 9.47 Å². The van der Waals surface area contributed by atoms with Gasteiger partial charge in [-0.2, -0.15) is 4.31 Å². The van der Waals surface area contributed by atoms with Gasteiger partial charge in [0, 0.05) is 19.2 Å². The van der Waals surface area contributed by atoms with Crippen molar-refractivity contribution in [3.63, 3.8) is 0 Å². The highest BCUT2D eigenvalue weighted by molar-refractivity contribution is 7.89. The van der Waals surface area contributed by atoms with E-state index < -0.39 is 10.0 Å². The van der Waals surface area contributed by atoms with Crippen LogP contribution in [-0.2, 0) is 23.0 Å². The Morgan fingerprint density at radius 2 is 1.62 bits per heavy atom. The third kappa shape index (κ3) is 2.87. The summed E-state index contributed by atoms with van der Waals surface area (Å²) >= 11 is 0. The number of rotatable bonds is 4. The summed E-state index contributed by atoms with van der Waals surface area (Å²) in [7, 11) is -0.560.